The predicted octanol–water partition coefficient (Wildman–Crippen LogP) is 2.59. The number of carbonyl (C=O) groups excluding carboxylic acids is 1. The van der Waals surface area contributed by atoms with Gasteiger partial charge < -0.3 is 9.88 Å². The highest BCUT2D eigenvalue weighted by Crippen LogP contribution is 2.27. The number of hydrogen-bond donors (Lipinski definition) is 1. The van der Waals surface area contributed by atoms with Gasteiger partial charge >= 0.3 is 5.69 Å². The van der Waals surface area contributed by atoms with Crippen LogP contribution in [0, 0.1) is 0 Å². The zero-order valence-electron chi connectivity index (χ0n) is 16.7. The van der Waals surface area contributed by atoms with Crippen LogP contribution in [0.15, 0.2) is 35.3 Å². The van der Waals surface area contributed by atoms with Gasteiger partial charge in [0.2, 0.25) is 5.91 Å². The molecule has 0 bridgehead atoms. The van der Waals surface area contributed by atoms with Crippen LogP contribution in [0.2, 0.25) is 0 Å². The highest BCUT2D eigenvalue weighted by molar-refractivity contribution is 5.88. The molecule has 2 aromatic heterocycles. The van der Waals surface area contributed by atoms with E-state index >= 15 is 0 Å². The maximum Gasteiger partial charge on any atom is 0.345 e. The Morgan fingerprint density at radius 3 is 2.89 bits per heavy atom. The van der Waals surface area contributed by atoms with Gasteiger partial charge in [-0.3, -0.25) is 9.36 Å². The molecule has 1 amide bonds. The van der Waals surface area contributed by atoms with Crippen molar-refractivity contribution in [1.82, 2.24) is 24.2 Å². The van der Waals surface area contributed by atoms with E-state index < -0.39 is 0 Å². The summed E-state index contributed by atoms with van der Waals surface area (Å²) in [6.07, 6.45) is 4.18. The van der Waals surface area contributed by atoms with Gasteiger partial charge in [0, 0.05) is 49.2 Å². The Morgan fingerprint density at radius 1 is 1.32 bits per heavy atom. The normalized spacial score (nSPS) is 17.6. The maximum absolute atomic E-state index is 13.0. The number of carbonyl (C=O) groups is 1. The number of hydrogen-bond acceptors (Lipinski definition) is 3. The summed E-state index contributed by atoms with van der Waals surface area (Å²) in [5.41, 5.74) is 1.99. The van der Waals surface area contributed by atoms with Gasteiger partial charge in [-0.1, -0.05) is 18.2 Å². The van der Waals surface area contributed by atoms with Crippen molar-refractivity contribution in [2.75, 3.05) is 13.1 Å². The lowest BCUT2D eigenvalue weighted by molar-refractivity contribution is -0.131. The number of aromatic nitrogens is 4. The second-order valence-corrected chi connectivity index (χ2v) is 7.94. The molecule has 1 atom stereocenters. The fraction of sp³-hybridized carbons (Fsp3) is 0.476. The van der Waals surface area contributed by atoms with Crippen molar-refractivity contribution in [3.05, 3.63) is 52.3 Å². The molecule has 0 aliphatic carbocycles. The molecule has 1 unspecified atom stereocenters. The van der Waals surface area contributed by atoms with E-state index in [1.54, 1.807) is 11.6 Å². The molecule has 1 aliphatic heterocycles. The van der Waals surface area contributed by atoms with Crippen LogP contribution in [0.25, 0.3) is 10.9 Å². The number of aromatic amines is 1. The van der Waals surface area contributed by atoms with Gasteiger partial charge in [-0.15, -0.1) is 0 Å². The van der Waals surface area contributed by atoms with Crippen molar-refractivity contribution in [2.45, 2.75) is 45.1 Å². The minimum absolute atomic E-state index is 0.0495. The number of likely N-dealkylation sites (tertiary alicyclic amines) is 1. The lowest BCUT2D eigenvalue weighted by Gasteiger charge is -2.32. The number of rotatable bonds is 4. The summed E-state index contributed by atoms with van der Waals surface area (Å²) in [5, 5.41) is 5.59. The fourth-order valence-electron chi connectivity index (χ4n) is 4.23. The number of nitrogens with zero attached hydrogens (tertiary/aromatic N) is 4. The summed E-state index contributed by atoms with van der Waals surface area (Å²) in [6, 6.07) is 8.09. The van der Waals surface area contributed by atoms with Gasteiger partial charge in [0.05, 0.1) is 6.42 Å². The third-order valence-electron chi connectivity index (χ3n) is 5.65. The highest BCUT2D eigenvalue weighted by Gasteiger charge is 2.30. The molecule has 1 aliphatic rings. The Labute approximate surface area is 164 Å². The number of fused-ring (bicyclic) bond motifs is 1. The fourth-order valence-corrected chi connectivity index (χ4v) is 4.23. The summed E-state index contributed by atoms with van der Waals surface area (Å²) in [6.45, 7) is 5.37. The van der Waals surface area contributed by atoms with Crippen molar-refractivity contribution in [2.24, 2.45) is 7.05 Å². The quantitative estimate of drug-likeness (QED) is 0.755. The van der Waals surface area contributed by atoms with E-state index in [0.29, 0.717) is 13.0 Å². The van der Waals surface area contributed by atoms with E-state index in [4.69, 9.17) is 0 Å². The first-order valence-electron chi connectivity index (χ1n) is 9.94. The van der Waals surface area contributed by atoms with Gasteiger partial charge in [0.1, 0.15) is 5.82 Å². The molecule has 1 saturated heterocycles. The monoisotopic (exact) mass is 381 g/mol. The van der Waals surface area contributed by atoms with Crippen molar-refractivity contribution in [3.8, 4) is 0 Å². The number of H-pyrrole nitrogens is 1. The smallest absolute Gasteiger partial charge is 0.345 e. The zero-order valence-corrected chi connectivity index (χ0v) is 16.7. The number of amides is 1. The van der Waals surface area contributed by atoms with Gasteiger partial charge in [-0.2, -0.15) is 5.10 Å². The molecule has 0 saturated carbocycles. The van der Waals surface area contributed by atoms with Crippen molar-refractivity contribution < 1.29 is 4.79 Å². The van der Waals surface area contributed by atoms with E-state index in [1.165, 1.54) is 4.68 Å². The Hall–Kier alpha value is -2.83. The van der Waals surface area contributed by atoms with Crippen molar-refractivity contribution >= 4 is 16.8 Å². The van der Waals surface area contributed by atoms with Gasteiger partial charge in [0.25, 0.3) is 0 Å². The second-order valence-electron chi connectivity index (χ2n) is 7.94. The first kappa shape index (κ1) is 18.5. The topological polar surface area (TPSA) is 75.9 Å². The summed E-state index contributed by atoms with van der Waals surface area (Å²) >= 11 is 0. The summed E-state index contributed by atoms with van der Waals surface area (Å²) in [5.74, 6) is 1.02. The van der Waals surface area contributed by atoms with E-state index in [9.17, 15) is 9.59 Å². The highest BCUT2D eigenvalue weighted by atomic mass is 16.2. The zero-order chi connectivity index (χ0) is 19.8. The van der Waals surface area contributed by atoms with E-state index in [0.717, 1.165) is 41.7 Å². The number of piperidine rings is 1. The van der Waals surface area contributed by atoms with E-state index in [1.807, 2.05) is 49.2 Å². The Morgan fingerprint density at radius 2 is 2.11 bits per heavy atom. The van der Waals surface area contributed by atoms with Crippen molar-refractivity contribution in [3.63, 3.8) is 0 Å². The molecule has 7 heteroatoms. The third-order valence-corrected chi connectivity index (χ3v) is 5.65. The number of nitrogens with one attached hydrogen (secondary N) is 1. The Balaban J connectivity index is 1.53. The SMILES string of the molecule is CC(C)n1c(C2CCCN(C(=O)Cc3c[nH]c4ccccc34)C2)nn(C)c1=O. The first-order valence-corrected chi connectivity index (χ1v) is 9.94. The minimum atomic E-state index is -0.0905. The molecule has 148 valence electrons. The van der Waals surface area contributed by atoms with E-state index in [2.05, 4.69) is 10.1 Å². The molecule has 3 aromatic rings. The van der Waals surface area contributed by atoms with Crippen LogP contribution in [0.5, 0.6) is 0 Å². The second kappa shape index (κ2) is 7.30. The number of benzene rings is 1. The molecule has 4 rings (SSSR count). The standard InChI is InChI=1S/C21H27N5O2/c1-14(2)26-20(23-24(3)21(26)28)15-7-6-10-25(13-15)19(27)11-16-12-22-18-9-5-4-8-17(16)18/h4-5,8-9,12,14-15,22H,6-7,10-11,13H2,1-3H3. The summed E-state index contributed by atoms with van der Waals surface area (Å²) < 4.78 is 3.17. The molecule has 1 aromatic carbocycles. The molecule has 1 N–H and O–H groups in total. The van der Waals surface area contributed by atoms with Gasteiger partial charge in [-0.25, -0.2) is 9.48 Å². The van der Waals surface area contributed by atoms with Gasteiger partial charge in [-0.05, 0) is 38.3 Å². The van der Waals surface area contributed by atoms with Crippen LogP contribution in [-0.4, -0.2) is 43.2 Å². The first-order chi connectivity index (χ1) is 13.5. The predicted molar refractivity (Wildman–Crippen MR) is 108 cm³/mol. The molecule has 0 radical (unpaired) electrons. The molecule has 0 spiro atoms. The average molecular weight is 381 g/mol. The van der Waals surface area contributed by atoms with Gasteiger partial charge in [0.15, 0.2) is 0 Å². The number of aryl methyl sites for hydroxylation is 1. The molecule has 7 nitrogen and oxygen atoms in total. The number of para-hydroxylation sites is 1. The molecular formula is C21H27N5O2. The van der Waals surface area contributed by atoms with Crippen LogP contribution in [0.3, 0.4) is 0 Å². The maximum atomic E-state index is 13.0. The summed E-state index contributed by atoms with van der Waals surface area (Å²) in [7, 11) is 1.69. The van der Waals surface area contributed by atoms with E-state index in [-0.39, 0.29) is 23.6 Å². The lowest BCUT2D eigenvalue weighted by Crippen LogP contribution is -2.41. The Bertz CT molecular complexity index is 1060. The molecule has 1 fully saturated rings. The summed E-state index contributed by atoms with van der Waals surface area (Å²) in [4.78, 5) is 30.6. The van der Waals surface area contributed by atoms with Crippen LogP contribution in [-0.2, 0) is 18.3 Å². The van der Waals surface area contributed by atoms with Crippen molar-refractivity contribution in [1.29, 1.82) is 0 Å². The van der Waals surface area contributed by atoms with Crippen LogP contribution in [0.4, 0.5) is 0 Å². The van der Waals surface area contributed by atoms with Crippen LogP contribution >= 0.6 is 0 Å². The minimum Gasteiger partial charge on any atom is -0.361 e. The van der Waals surface area contributed by atoms with Crippen LogP contribution in [0.1, 0.15) is 50.0 Å². The molecule has 28 heavy (non-hydrogen) atoms. The average Bonchev–Trinajstić information content (AvgIpc) is 3.23. The Kier molecular flexibility index (Phi) is 4.83. The largest absolute Gasteiger partial charge is 0.361 e. The third kappa shape index (κ3) is 3.25. The van der Waals surface area contributed by atoms with Crippen LogP contribution < -0.4 is 5.69 Å². The molecule has 3 heterocycles. The lowest BCUT2D eigenvalue weighted by atomic mass is 9.96. The molecular weight excluding hydrogens is 354 g/mol.